The van der Waals surface area contributed by atoms with Gasteiger partial charge in [0, 0.05) is 5.57 Å². The predicted octanol–water partition coefficient (Wildman–Crippen LogP) is 6.35. The summed E-state index contributed by atoms with van der Waals surface area (Å²) in [5.74, 6) is 2.96. The van der Waals surface area contributed by atoms with Crippen molar-refractivity contribution in [3.63, 3.8) is 0 Å². The average molecular weight is 341 g/mol. The minimum atomic E-state index is -1.76. The topological polar surface area (TPSA) is 9.23 Å². The van der Waals surface area contributed by atoms with Gasteiger partial charge < -0.3 is 4.43 Å². The maximum Gasteiger partial charge on any atom is 0.193 e. The molecule has 0 amide bonds. The van der Waals surface area contributed by atoms with Gasteiger partial charge in [-0.05, 0) is 62.4 Å². The van der Waals surface area contributed by atoms with Crippen LogP contribution in [0.25, 0.3) is 0 Å². The van der Waals surface area contributed by atoms with Gasteiger partial charge in [-0.2, -0.15) is 0 Å². The summed E-state index contributed by atoms with van der Waals surface area (Å²) in [5.41, 5.74) is 4.68. The Bertz CT molecular complexity index is 623. The van der Waals surface area contributed by atoms with E-state index >= 15 is 0 Å². The van der Waals surface area contributed by atoms with E-state index < -0.39 is 8.32 Å². The molecule has 0 saturated carbocycles. The van der Waals surface area contributed by atoms with Crippen LogP contribution in [0.5, 0.6) is 0 Å². The lowest BCUT2D eigenvalue weighted by Crippen LogP contribution is -2.45. The second-order valence-corrected chi connectivity index (χ2v) is 11.9. The Hall–Kier alpha value is -1.30. The fraction of sp³-hybridized carbons (Fsp3) is 0.545. The zero-order valence-electron chi connectivity index (χ0n) is 16.0. The van der Waals surface area contributed by atoms with Crippen LogP contribution in [0.2, 0.25) is 18.1 Å². The van der Waals surface area contributed by atoms with Crippen LogP contribution in [0.3, 0.4) is 0 Å². The Morgan fingerprint density at radius 2 is 1.67 bits per heavy atom. The molecule has 130 valence electrons. The van der Waals surface area contributed by atoms with Crippen LogP contribution in [0.4, 0.5) is 0 Å². The largest absolute Gasteiger partial charge is 0.404 e. The quantitative estimate of drug-likeness (QED) is 0.415. The van der Waals surface area contributed by atoms with Crippen molar-refractivity contribution >= 4 is 8.32 Å². The third-order valence-corrected chi connectivity index (χ3v) is 10.6. The first-order valence-corrected chi connectivity index (χ1v) is 11.9. The predicted molar refractivity (Wildman–Crippen MR) is 107 cm³/mol. The smallest absolute Gasteiger partial charge is 0.193 e. The Labute approximate surface area is 149 Å². The van der Waals surface area contributed by atoms with Crippen LogP contribution in [0.1, 0.15) is 58.1 Å². The summed E-state index contributed by atoms with van der Waals surface area (Å²) in [7, 11) is -1.76. The van der Waals surface area contributed by atoms with Crippen LogP contribution in [-0.4, -0.2) is 8.32 Å². The van der Waals surface area contributed by atoms with Gasteiger partial charge in [-0.15, -0.1) is 6.42 Å². The molecule has 0 fully saturated rings. The van der Waals surface area contributed by atoms with Crippen LogP contribution < -0.4 is 0 Å². The van der Waals surface area contributed by atoms with Crippen molar-refractivity contribution < 1.29 is 4.43 Å². The molecular formula is C22H32OSi. The molecule has 1 aromatic carbocycles. The number of hydrogen-bond acceptors (Lipinski definition) is 1. The van der Waals surface area contributed by atoms with Gasteiger partial charge in [0.2, 0.25) is 0 Å². The van der Waals surface area contributed by atoms with Gasteiger partial charge >= 0.3 is 0 Å². The highest BCUT2D eigenvalue weighted by Crippen LogP contribution is 2.45. The molecule has 2 rings (SSSR count). The SMILES string of the molecule is C#CC1=C(C(C)(O[Si](CC)(CC)CC)c2ccc(C)cc2)CCC1. The summed E-state index contributed by atoms with van der Waals surface area (Å²) >= 11 is 0. The van der Waals surface area contributed by atoms with Gasteiger partial charge in [0.15, 0.2) is 8.32 Å². The molecule has 0 bridgehead atoms. The molecule has 1 nitrogen and oxygen atoms in total. The van der Waals surface area contributed by atoms with Crippen molar-refractivity contribution in [1.82, 2.24) is 0 Å². The molecular weight excluding hydrogens is 308 g/mol. The van der Waals surface area contributed by atoms with Crippen LogP contribution >= 0.6 is 0 Å². The number of allylic oxidation sites excluding steroid dienone is 1. The zero-order chi connectivity index (χ0) is 17.8. The van der Waals surface area contributed by atoms with Crippen molar-refractivity contribution in [3.05, 3.63) is 46.5 Å². The summed E-state index contributed by atoms with van der Waals surface area (Å²) in [5, 5.41) is 0. The molecule has 0 aromatic heterocycles. The number of benzene rings is 1. The average Bonchev–Trinajstić information content (AvgIpc) is 3.10. The van der Waals surface area contributed by atoms with Gasteiger partial charge in [-0.25, -0.2) is 0 Å². The third-order valence-electron chi connectivity index (χ3n) is 5.92. The van der Waals surface area contributed by atoms with E-state index in [4.69, 9.17) is 10.8 Å². The molecule has 1 aromatic rings. The second-order valence-electron chi connectivity index (χ2n) is 7.20. The molecule has 1 aliphatic carbocycles. The van der Waals surface area contributed by atoms with E-state index in [9.17, 15) is 0 Å². The molecule has 0 N–H and O–H groups in total. The van der Waals surface area contributed by atoms with E-state index in [1.54, 1.807) is 0 Å². The molecule has 24 heavy (non-hydrogen) atoms. The lowest BCUT2D eigenvalue weighted by Gasteiger charge is -2.42. The molecule has 0 heterocycles. The standard InChI is InChI=1S/C22H32OSi/c1-7-19-12-11-13-21(19)22(6,20-16-14-18(5)15-17-20)23-24(8-2,9-3)10-4/h1,14-17H,8-13H2,2-6H3. The lowest BCUT2D eigenvalue weighted by molar-refractivity contribution is 0.109. The first kappa shape index (κ1) is 19.0. The normalized spacial score (nSPS) is 17.7. The maximum atomic E-state index is 7.10. The highest BCUT2D eigenvalue weighted by atomic mass is 28.4. The summed E-state index contributed by atoms with van der Waals surface area (Å²) < 4.78 is 7.10. The van der Waals surface area contributed by atoms with Crippen LogP contribution in [-0.2, 0) is 10.0 Å². The van der Waals surface area contributed by atoms with Gasteiger partial charge in [-0.1, -0.05) is 56.5 Å². The fourth-order valence-electron chi connectivity index (χ4n) is 4.00. The lowest BCUT2D eigenvalue weighted by atomic mass is 9.85. The minimum absolute atomic E-state index is 0.375. The Morgan fingerprint density at radius 3 is 2.17 bits per heavy atom. The van der Waals surface area contributed by atoms with E-state index in [2.05, 4.69) is 64.8 Å². The molecule has 0 spiro atoms. The monoisotopic (exact) mass is 340 g/mol. The highest BCUT2D eigenvalue weighted by molar-refractivity contribution is 6.73. The zero-order valence-corrected chi connectivity index (χ0v) is 17.0. The van der Waals surface area contributed by atoms with Crippen molar-refractivity contribution in [2.75, 3.05) is 0 Å². The number of terminal acetylenes is 1. The van der Waals surface area contributed by atoms with E-state index in [0.717, 1.165) is 37.4 Å². The Kier molecular flexibility index (Phi) is 6.12. The molecule has 1 atom stereocenters. The molecule has 0 aliphatic heterocycles. The van der Waals surface area contributed by atoms with Gasteiger partial charge in [-0.3, -0.25) is 0 Å². The second kappa shape index (κ2) is 7.72. The molecule has 1 unspecified atom stereocenters. The first-order chi connectivity index (χ1) is 11.4. The van der Waals surface area contributed by atoms with Crippen LogP contribution in [0.15, 0.2) is 35.4 Å². The van der Waals surface area contributed by atoms with E-state index in [1.807, 2.05) is 0 Å². The number of aryl methyl sites for hydroxylation is 1. The van der Waals surface area contributed by atoms with E-state index in [0.29, 0.717) is 0 Å². The number of rotatable bonds is 7. The first-order valence-electron chi connectivity index (χ1n) is 9.41. The fourth-order valence-corrected chi connectivity index (χ4v) is 7.04. The van der Waals surface area contributed by atoms with E-state index in [1.165, 1.54) is 22.3 Å². The highest BCUT2D eigenvalue weighted by Gasteiger charge is 2.43. The molecule has 0 radical (unpaired) electrons. The van der Waals surface area contributed by atoms with Gasteiger partial charge in [0.05, 0.1) is 0 Å². The number of hydrogen-bond donors (Lipinski definition) is 0. The summed E-state index contributed by atoms with van der Waals surface area (Å²) in [6, 6.07) is 12.3. The molecule has 1 aliphatic rings. The minimum Gasteiger partial charge on any atom is -0.404 e. The van der Waals surface area contributed by atoms with Gasteiger partial charge in [0.25, 0.3) is 0 Å². The van der Waals surface area contributed by atoms with Crippen molar-refractivity contribution in [2.45, 2.75) is 77.6 Å². The maximum absolute atomic E-state index is 7.10. The van der Waals surface area contributed by atoms with E-state index in [-0.39, 0.29) is 5.60 Å². The van der Waals surface area contributed by atoms with Crippen molar-refractivity contribution in [2.24, 2.45) is 0 Å². The third kappa shape index (κ3) is 3.53. The Balaban J connectivity index is 2.57. The molecule has 2 heteroatoms. The van der Waals surface area contributed by atoms with Gasteiger partial charge in [0.1, 0.15) is 5.60 Å². The summed E-state index contributed by atoms with van der Waals surface area (Å²) in [6.45, 7) is 11.3. The molecule has 0 saturated heterocycles. The van der Waals surface area contributed by atoms with Crippen molar-refractivity contribution in [3.8, 4) is 12.3 Å². The Morgan fingerprint density at radius 1 is 1.08 bits per heavy atom. The summed E-state index contributed by atoms with van der Waals surface area (Å²) in [4.78, 5) is 0. The van der Waals surface area contributed by atoms with Crippen molar-refractivity contribution in [1.29, 1.82) is 0 Å². The van der Waals surface area contributed by atoms with Crippen LogP contribution in [0, 0.1) is 19.3 Å². The summed E-state index contributed by atoms with van der Waals surface area (Å²) in [6.07, 6.45) is 9.07.